The van der Waals surface area contributed by atoms with Gasteiger partial charge in [-0.1, -0.05) is 103 Å². The van der Waals surface area contributed by atoms with Crippen LogP contribution in [-0.2, 0) is 16.2 Å². The van der Waals surface area contributed by atoms with Crippen molar-refractivity contribution in [3.8, 4) is 11.1 Å². The standard InChI is InChI=1S/C40H43BN2/c1-24-20-26-27-22-25(37(2,3)4)23-30-35(27)43(40(8)19-12-11-18-39(30,40)7)41-31-16-13-15-29-36(31)42(33(21-24)34(26)41)32-17-10-9-14-28(32)38(29,5)6/h9-10,13-17,20-23H,11-12,18-19H2,1-8H3. The number of nitrogens with zero attached hydrogens (tertiary/aromatic N) is 2. The second-order valence-electron chi connectivity index (χ2n) is 16.2. The smallest absolute Gasteiger partial charge is 0.328 e. The highest BCUT2D eigenvalue weighted by atomic mass is 15.2. The Kier molecular flexibility index (Phi) is 4.71. The van der Waals surface area contributed by atoms with Crippen LogP contribution in [0, 0.1) is 6.92 Å². The topological polar surface area (TPSA) is 6.48 Å². The van der Waals surface area contributed by atoms with Gasteiger partial charge < -0.3 is 9.71 Å². The zero-order valence-corrected chi connectivity index (χ0v) is 27.2. The molecule has 1 saturated carbocycles. The number of rotatable bonds is 0. The minimum absolute atomic E-state index is 0.0519. The molecule has 216 valence electrons. The summed E-state index contributed by atoms with van der Waals surface area (Å²) in [4.78, 5) is 5.61. The molecule has 0 saturated heterocycles. The third-order valence-electron chi connectivity index (χ3n) is 12.6. The van der Waals surface area contributed by atoms with E-state index in [-0.39, 0.29) is 28.6 Å². The van der Waals surface area contributed by atoms with Crippen molar-refractivity contribution in [3.63, 3.8) is 0 Å². The summed E-state index contributed by atoms with van der Waals surface area (Å²) in [6.45, 7) is 19.7. The van der Waals surface area contributed by atoms with Gasteiger partial charge in [0, 0.05) is 39.0 Å². The molecule has 0 N–H and O–H groups in total. The SMILES string of the molecule is Cc1cc2c3c(c1)N1c4ccccc4C(C)(C)c4cccc(c41)B3N1c3c-2cc(C(C)(C)C)cc3C2(C)CCCCC12C. The number of fused-ring (bicyclic) bond motifs is 9. The fourth-order valence-corrected chi connectivity index (χ4v) is 10.1. The van der Waals surface area contributed by atoms with Crippen molar-refractivity contribution in [1.82, 2.24) is 0 Å². The van der Waals surface area contributed by atoms with E-state index in [4.69, 9.17) is 0 Å². The number of hydrogen-bond donors (Lipinski definition) is 0. The Hall–Kier alpha value is -3.46. The third-order valence-corrected chi connectivity index (χ3v) is 12.6. The van der Waals surface area contributed by atoms with Gasteiger partial charge >= 0.3 is 6.85 Å². The molecule has 5 aliphatic rings. The van der Waals surface area contributed by atoms with Crippen LogP contribution in [0.5, 0.6) is 0 Å². The summed E-state index contributed by atoms with van der Waals surface area (Å²) in [6, 6.07) is 26.5. The Balaban J connectivity index is 1.46. The molecule has 0 amide bonds. The first-order valence-electron chi connectivity index (χ1n) is 16.5. The van der Waals surface area contributed by atoms with E-state index in [0.29, 0.717) is 0 Å². The molecule has 4 heterocycles. The first kappa shape index (κ1) is 26.0. The van der Waals surface area contributed by atoms with Gasteiger partial charge in [0.15, 0.2) is 0 Å². The second kappa shape index (κ2) is 7.78. The molecule has 3 heteroatoms. The molecule has 2 unspecified atom stereocenters. The Bertz CT molecular complexity index is 1910. The van der Waals surface area contributed by atoms with Crippen molar-refractivity contribution in [1.29, 1.82) is 0 Å². The lowest BCUT2D eigenvalue weighted by Gasteiger charge is -2.56. The summed E-state index contributed by atoms with van der Waals surface area (Å²) in [6.07, 6.45) is 5.12. The molecule has 43 heavy (non-hydrogen) atoms. The highest BCUT2D eigenvalue weighted by Crippen LogP contribution is 2.64. The molecule has 9 rings (SSSR count). The summed E-state index contributed by atoms with van der Waals surface area (Å²) in [5.74, 6) is 0. The Labute approximate surface area is 258 Å². The summed E-state index contributed by atoms with van der Waals surface area (Å²) in [5.41, 5.74) is 19.0. The van der Waals surface area contributed by atoms with Crippen LogP contribution in [0.3, 0.4) is 0 Å². The molecule has 0 aromatic heterocycles. The number of aryl methyl sites for hydroxylation is 1. The van der Waals surface area contributed by atoms with Crippen LogP contribution in [-0.4, -0.2) is 12.4 Å². The summed E-state index contributed by atoms with van der Waals surface area (Å²) < 4.78 is 0. The van der Waals surface area contributed by atoms with Crippen LogP contribution in [0.25, 0.3) is 11.1 Å². The number of anilines is 4. The molecule has 4 aromatic rings. The Morgan fingerprint density at radius 3 is 2.26 bits per heavy atom. The van der Waals surface area contributed by atoms with E-state index in [1.165, 1.54) is 92.7 Å². The van der Waals surface area contributed by atoms with Gasteiger partial charge in [-0.2, -0.15) is 0 Å². The maximum Gasteiger partial charge on any atom is 0.328 e. The maximum absolute atomic E-state index is 2.96. The molecule has 0 spiro atoms. The van der Waals surface area contributed by atoms with Crippen LogP contribution >= 0.6 is 0 Å². The molecule has 2 nitrogen and oxygen atoms in total. The molecule has 0 bridgehead atoms. The van der Waals surface area contributed by atoms with Crippen LogP contribution < -0.4 is 20.6 Å². The zero-order chi connectivity index (χ0) is 29.8. The predicted octanol–water partition coefficient (Wildman–Crippen LogP) is 8.91. The fraction of sp³-hybridized carbons (Fsp3) is 0.400. The lowest BCUT2D eigenvalue weighted by atomic mass is 9.41. The van der Waals surface area contributed by atoms with Crippen molar-refractivity contribution in [2.75, 3.05) is 9.71 Å². The van der Waals surface area contributed by atoms with Gasteiger partial charge in [-0.25, -0.2) is 0 Å². The van der Waals surface area contributed by atoms with E-state index >= 15 is 0 Å². The average Bonchev–Trinajstić information content (AvgIpc) is 3.17. The fourth-order valence-electron chi connectivity index (χ4n) is 10.1. The van der Waals surface area contributed by atoms with Crippen LogP contribution in [0.4, 0.5) is 22.7 Å². The summed E-state index contributed by atoms with van der Waals surface area (Å²) in [7, 11) is 0. The molecule has 1 aliphatic carbocycles. The van der Waals surface area contributed by atoms with Gasteiger partial charge in [0.25, 0.3) is 0 Å². The monoisotopic (exact) mass is 562 g/mol. The van der Waals surface area contributed by atoms with Crippen molar-refractivity contribution in [2.24, 2.45) is 0 Å². The molecular weight excluding hydrogens is 519 g/mol. The lowest BCUT2D eigenvalue weighted by molar-refractivity contribution is 0.199. The number of para-hydroxylation sites is 2. The highest BCUT2D eigenvalue weighted by Gasteiger charge is 2.63. The summed E-state index contributed by atoms with van der Waals surface area (Å²) in [5, 5.41) is 0. The van der Waals surface area contributed by atoms with Gasteiger partial charge in [0.05, 0.1) is 5.69 Å². The van der Waals surface area contributed by atoms with Crippen LogP contribution in [0.1, 0.15) is 102 Å². The molecule has 4 aromatic carbocycles. The minimum Gasteiger partial charge on any atom is -0.400 e. The molecule has 2 atom stereocenters. The largest absolute Gasteiger partial charge is 0.400 e. The van der Waals surface area contributed by atoms with Crippen molar-refractivity contribution in [3.05, 3.63) is 94.5 Å². The zero-order valence-electron chi connectivity index (χ0n) is 27.2. The molecule has 0 radical (unpaired) electrons. The van der Waals surface area contributed by atoms with E-state index < -0.39 is 0 Å². The number of benzene rings is 4. The molecule has 1 fully saturated rings. The highest BCUT2D eigenvalue weighted by molar-refractivity contribution is 6.93. The van der Waals surface area contributed by atoms with E-state index in [9.17, 15) is 0 Å². The molecule has 4 aliphatic heterocycles. The predicted molar refractivity (Wildman–Crippen MR) is 184 cm³/mol. The maximum atomic E-state index is 2.96. The van der Waals surface area contributed by atoms with E-state index in [2.05, 4.69) is 132 Å². The third kappa shape index (κ3) is 2.89. The van der Waals surface area contributed by atoms with E-state index in [1.807, 2.05) is 0 Å². The first-order chi connectivity index (χ1) is 20.4. The molecular formula is C40H43BN2. The normalized spacial score (nSPS) is 25.1. The van der Waals surface area contributed by atoms with Crippen LogP contribution in [0.15, 0.2) is 66.7 Å². The van der Waals surface area contributed by atoms with Crippen molar-refractivity contribution >= 4 is 40.5 Å². The van der Waals surface area contributed by atoms with Gasteiger partial charge in [0.1, 0.15) is 0 Å². The average molecular weight is 563 g/mol. The minimum atomic E-state index is -0.0732. The van der Waals surface area contributed by atoms with E-state index in [1.54, 1.807) is 5.56 Å². The number of hydrogen-bond acceptors (Lipinski definition) is 2. The van der Waals surface area contributed by atoms with Gasteiger partial charge in [-0.05, 0) is 94.6 Å². The lowest BCUT2D eigenvalue weighted by Crippen LogP contribution is -2.71. The van der Waals surface area contributed by atoms with Crippen molar-refractivity contribution < 1.29 is 0 Å². The van der Waals surface area contributed by atoms with Gasteiger partial charge in [-0.15, -0.1) is 0 Å². The first-order valence-corrected chi connectivity index (χ1v) is 16.5. The Morgan fingerprint density at radius 1 is 0.721 bits per heavy atom. The van der Waals surface area contributed by atoms with Gasteiger partial charge in [-0.3, -0.25) is 0 Å². The van der Waals surface area contributed by atoms with Crippen LogP contribution in [0.2, 0.25) is 0 Å². The van der Waals surface area contributed by atoms with Gasteiger partial charge in [0.2, 0.25) is 0 Å². The summed E-state index contributed by atoms with van der Waals surface area (Å²) >= 11 is 0. The second-order valence-corrected chi connectivity index (χ2v) is 16.2. The quantitative estimate of drug-likeness (QED) is 0.198. The Morgan fingerprint density at radius 2 is 1.47 bits per heavy atom. The van der Waals surface area contributed by atoms with Crippen molar-refractivity contribution in [2.45, 2.75) is 103 Å². The van der Waals surface area contributed by atoms with E-state index in [0.717, 1.165) is 0 Å².